The van der Waals surface area contributed by atoms with Gasteiger partial charge in [-0.25, -0.2) is 4.39 Å². The lowest BCUT2D eigenvalue weighted by Crippen LogP contribution is -2.42. The minimum absolute atomic E-state index is 0.0611. The highest BCUT2D eigenvalue weighted by Gasteiger charge is 2.18. The van der Waals surface area contributed by atoms with Gasteiger partial charge in [-0.3, -0.25) is 25.0 Å². The Hall–Kier alpha value is -3.63. The molecule has 2 aromatic carbocycles. The number of aromatic nitrogens is 3. The average molecular weight is 486 g/mol. The van der Waals surface area contributed by atoms with Crippen LogP contribution < -0.4 is 10.9 Å². The van der Waals surface area contributed by atoms with Gasteiger partial charge in [0.1, 0.15) is 11.6 Å². The number of amides is 2. The van der Waals surface area contributed by atoms with Crippen molar-refractivity contribution in [1.82, 2.24) is 25.6 Å². The summed E-state index contributed by atoms with van der Waals surface area (Å²) in [6.07, 6.45) is 1.57. The Morgan fingerprint density at radius 1 is 1.03 bits per heavy atom. The van der Waals surface area contributed by atoms with E-state index in [0.29, 0.717) is 28.3 Å². The maximum Gasteiger partial charge on any atom is 0.272 e. The van der Waals surface area contributed by atoms with E-state index in [4.69, 9.17) is 16.0 Å². The number of hydrogen-bond acceptors (Lipinski definition) is 6. The summed E-state index contributed by atoms with van der Waals surface area (Å²) < 4.78 is 21.0. The van der Waals surface area contributed by atoms with E-state index in [-0.39, 0.29) is 11.3 Å². The van der Waals surface area contributed by atoms with Crippen molar-refractivity contribution in [2.75, 3.05) is 5.75 Å². The molecule has 0 radical (unpaired) electrons. The second-order valence-corrected chi connectivity index (χ2v) is 8.13. The van der Waals surface area contributed by atoms with E-state index in [0.717, 1.165) is 23.4 Å². The van der Waals surface area contributed by atoms with Gasteiger partial charge in [-0.05, 0) is 48.5 Å². The van der Waals surface area contributed by atoms with Gasteiger partial charge in [0.15, 0.2) is 11.0 Å². The molecule has 0 saturated carbocycles. The first-order valence-corrected chi connectivity index (χ1v) is 11.1. The van der Waals surface area contributed by atoms with Crippen LogP contribution >= 0.6 is 23.4 Å². The number of rotatable bonds is 7. The van der Waals surface area contributed by atoms with Crippen LogP contribution in [0.25, 0.3) is 11.4 Å². The van der Waals surface area contributed by atoms with E-state index in [1.807, 2.05) is 22.8 Å². The largest absolute Gasteiger partial charge is 0.467 e. The lowest BCUT2D eigenvalue weighted by atomic mass is 10.2. The number of halogens is 2. The third-order valence-electron chi connectivity index (χ3n) is 4.48. The fraction of sp³-hybridized carbons (Fsp3) is 0.0909. The summed E-state index contributed by atoms with van der Waals surface area (Å²) in [7, 11) is 0. The molecular formula is C22H17ClFN5O3S. The van der Waals surface area contributed by atoms with E-state index < -0.39 is 17.6 Å². The minimum atomic E-state index is -0.752. The Bertz CT molecular complexity index is 1260. The molecule has 2 aromatic heterocycles. The molecule has 0 aliphatic rings. The monoisotopic (exact) mass is 485 g/mol. The van der Waals surface area contributed by atoms with Crippen molar-refractivity contribution in [3.05, 3.63) is 89.1 Å². The van der Waals surface area contributed by atoms with E-state index >= 15 is 0 Å². The van der Waals surface area contributed by atoms with Crippen LogP contribution in [-0.2, 0) is 11.3 Å². The van der Waals surface area contributed by atoms with Gasteiger partial charge in [0.05, 0.1) is 24.1 Å². The number of hydrogen-bond donors (Lipinski definition) is 2. The number of carbonyl (C=O) groups excluding carboxylic acids is 2. The van der Waals surface area contributed by atoms with Crippen molar-refractivity contribution in [2.24, 2.45) is 0 Å². The van der Waals surface area contributed by atoms with Crippen LogP contribution in [0.1, 0.15) is 16.1 Å². The lowest BCUT2D eigenvalue weighted by molar-refractivity contribution is -0.119. The van der Waals surface area contributed by atoms with Crippen LogP contribution in [0.2, 0.25) is 5.02 Å². The molecule has 33 heavy (non-hydrogen) atoms. The molecule has 8 nitrogen and oxygen atoms in total. The van der Waals surface area contributed by atoms with Gasteiger partial charge in [-0.15, -0.1) is 10.2 Å². The molecule has 0 atom stereocenters. The quantitative estimate of drug-likeness (QED) is 0.304. The summed E-state index contributed by atoms with van der Waals surface area (Å²) in [5.74, 6) is -0.719. The number of hydrazine groups is 1. The topological polar surface area (TPSA) is 102 Å². The molecule has 4 aromatic rings. The molecule has 0 aliphatic carbocycles. The summed E-state index contributed by atoms with van der Waals surface area (Å²) in [6.45, 7) is 0.353. The van der Waals surface area contributed by atoms with Gasteiger partial charge in [0.25, 0.3) is 5.91 Å². The number of nitrogens with zero attached hydrogens (tertiary/aromatic N) is 3. The van der Waals surface area contributed by atoms with Crippen molar-refractivity contribution in [2.45, 2.75) is 11.7 Å². The van der Waals surface area contributed by atoms with Gasteiger partial charge in [-0.2, -0.15) is 0 Å². The first-order valence-electron chi connectivity index (χ1n) is 9.69. The summed E-state index contributed by atoms with van der Waals surface area (Å²) in [4.78, 5) is 24.3. The van der Waals surface area contributed by atoms with Crippen LogP contribution in [0.4, 0.5) is 4.39 Å². The number of carbonyl (C=O) groups is 2. The standard InChI is InChI=1S/C22H17ClFN5O3S/c23-15-9-7-14(8-10-15)20-26-28-22(29(20)12-16-4-3-11-32-16)33-13-19(30)25-27-21(31)17-5-1-2-6-18(17)24/h1-11H,12-13H2,(H,25,30)(H,27,31). The van der Waals surface area contributed by atoms with E-state index in [9.17, 15) is 14.0 Å². The summed E-state index contributed by atoms with van der Waals surface area (Å²) in [5.41, 5.74) is 5.10. The van der Waals surface area contributed by atoms with Crippen molar-refractivity contribution >= 4 is 35.2 Å². The average Bonchev–Trinajstić information content (AvgIpc) is 3.47. The Kier molecular flexibility index (Phi) is 7.06. The summed E-state index contributed by atoms with van der Waals surface area (Å²) >= 11 is 7.12. The zero-order chi connectivity index (χ0) is 23.2. The van der Waals surface area contributed by atoms with Crippen LogP contribution in [0.5, 0.6) is 0 Å². The predicted molar refractivity (Wildman–Crippen MR) is 121 cm³/mol. The van der Waals surface area contributed by atoms with Gasteiger partial charge in [0, 0.05) is 10.6 Å². The second-order valence-electron chi connectivity index (χ2n) is 6.75. The van der Waals surface area contributed by atoms with Gasteiger partial charge in [0.2, 0.25) is 5.91 Å². The van der Waals surface area contributed by atoms with Crippen molar-refractivity contribution < 1.29 is 18.4 Å². The summed E-state index contributed by atoms with van der Waals surface area (Å²) in [5, 5.41) is 9.54. The van der Waals surface area contributed by atoms with E-state index in [1.54, 1.807) is 24.5 Å². The fourth-order valence-electron chi connectivity index (χ4n) is 2.91. The first-order chi connectivity index (χ1) is 16.0. The van der Waals surface area contributed by atoms with Crippen molar-refractivity contribution in [1.29, 1.82) is 0 Å². The van der Waals surface area contributed by atoms with Crippen molar-refractivity contribution in [3.8, 4) is 11.4 Å². The highest BCUT2D eigenvalue weighted by Crippen LogP contribution is 2.26. The molecule has 11 heteroatoms. The Morgan fingerprint density at radius 2 is 1.82 bits per heavy atom. The Morgan fingerprint density at radius 3 is 2.55 bits per heavy atom. The molecule has 2 N–H and O–H groups in total. The molecule has 0 bridgehead atoms. The van der Waals surface area contributed by atoms with E-state index in [2.05, 4.69) is 21.0 Å². The third kappa shape index (κ3) is 5.60. The van der Waals surface area contributed by atoms with Crippen molar-refractivity contribution in [3.63, 3.8) is 0 Å². The normalized spacial score (nSPS) is 10.7. The minimum Gasteiger partial charge on any atom is -0.467 e. The molecule has 0 fully saturated rings. The smallest absolute Gasteiger partial charge is 0.272 e. The zero-order valence-electron chi connectivity index (χ0n) is 17.0. The molecule has 0 saturated heterocycles. The predicted octanol–water partition coefficient (Wildman–Crippen LogP) is 3.93. The number of benzene rings is 2. The van der Waals surface area contributed by atoms with Crippen LogP contribution in [-0.4, -0.2) is 32.3 Å². The molecule has 0 aliphatic heterocycles. The van der Waals surface area contributed by atoms with Crippen LogP contribution in [0, 0.1) is 5.82 Å². The third-order valence-corrected chi connectivity index (χ3v) is 5.70. The van der Waals surface area contributed by atoms with Crippen LogP contribution in [0.15, 0.2) is 76.5 Å². The Labute approximate surface area is 197 Å². The number of nitrogens with one attached hydrogen (secondary N) is 2. The molecule has 0 spiro atoms. The lowest BCUT2D eigenvalue weighted by Gasteiger charge is -2.10. The SMILES string of the molecule is O=C(CSc1nnc(-c2ccc(Cl)cc2)n1Cc1ccco1)NNC(=O)c1ccccc1F. The van der Waals surface area contributed by atoms with Gasteiger partial charge in [-0.1, -0.05) is 35.5 Å². The number of thioether (sulfide) groups is 1. The fourth-order valence-corrected chi connectivity index (χ4v) is 3.78. The molecule has 0 unspecified atom stereocenters. The zero-order valence-corrected chi connectivity index (χ0v) is 18.6. The summed E-state index contributed by atoms with van der Waals surface area (Å²) in [6, 6.07) is 16.2. The molecule has 168 valence electrons. The Balaban J connectivity index is 1.44. The highest BCUT2D eigenvalue weighted by atomic mass is 35.5. The maximum atomic E-state index is 13.7. The van der Waals surface area contributed by atoms with Crippen LogP contribution in [0.3, 0.4) is 0 Å². The second kappa shape index (κ2) is 10.3. The molecule has 2 heterocycles. The molecular weight excluding hydrogens is 469 g/mol. The first kappa shape index (κ1) is 22.6. The molecule has 4 rings (SSSR count). The molecule has 2 amide bonds. The number of furan rings is 1. The van der Waals surface area contributed by atoms with Gasteiger partial charge < -0.3 is 4.42 Å². The van der Waals surface area contributed by atoms with Gasteiger partial charge >= 0.3 is 0 Å². The van der Waals surface area contributed by atoms with E-state index in [1.165, 1.54) is 18.2 Å². The highest BCUT2D eigenvalue weighted by molar-refractivity contribution is 7.99. The maximum absolute atomic E-state index is 13.7.